The van der Waals surface area contributed by atoms with Crippen molar-refractivity contribution in [2.45, 2.75) is 51.0 Å². The molecule has 2 rings (SSSR count). The molecule has 0 bridgehead atoms. The van der Waals surface area contributed by atoms with Crippen molar-refractivity contribution in [2.75, 3.05) is 0 Å². The molecule has 0 heterocycles. The quantitative estimate of drug-likeness (QED) is 0.724. The second-order valence-electron chi connectivity index (χ2n) is 4.89. The Balaban J connectivity index is 2.07. The minimum atomic E-state index is -0.664. The van der Waals surface area contributed by atoms with Gasteiger partial charge in [-0.1, -0.05) is 19.3 Å². The van der Waals surface area contributed by atoms with Crippen LogP contribution in [0.25, 0.3) is 0 Å². The van der Waals surface area contributed by atoms with Crippen LogP contribution in [0.2, 0.25) is 0 Å². The van der Waals surface area contributed by atoms with E-state index < -0.39 is 11.4 Å². The fourth-order valence-electron chi connectivity index (χ4n) is 3.02. The molecule has 2 saturated carbocycles. The fraction of sp³-hybridized carbons (Fsp3) is 0.909. The molecule has 0 spiro atoms. The number of rotatable bonds is 3. The van der Waals surface area contributed by atoms with Crippen molar-refractivity contribution in [2.24, 2.45) is 17.1 Å². The molecule has 0 amide bonds. The van der Waals surface area contributed by atoms with E-state index in [0.717, 1.165) is 32.1 Å². The van der Waals surface area contributed by atoms with Crippen molar-refractivity contribution in [1.29, 1.82) is 0 Å². The molecule has 0 aromatic rings. The molecule has 2 fully saturated rings. The van der Waals surface area contributed by atoms with Crippen molar-refractivity contribution in [3.8, 4) is 0 Å². The first-order valence-electron chi connectivity index (χ1n) is 5.66. The van der Waals surface area contributed by atoms with Crippen LogP contribution in [0, 0.1) is 11.3 Å². The van der Waals surface area contributed by atoms with E-state index in [1.807, 2.05) is 0 Å². The summed E-state index contributed by atoms with van der Waals surface area (Å²) in [5.74, 6) is -0.199. The zero-order valence-corrected chi connectivity index (χ0v) is 8.54. The van der Waals surface area contributed by atoms with Crippen molar-refractivity contribution in [3.63, 3.8) is 0 Å². The SMILES string of the molecule is NC(C1CCCC1)C1(C(=O)O)CCC1. The second-order valence-corrected chi connectivity index (χ2v) is 4.89. The van der Waals surface area contributed by atoms with Gasteiger partial charge >= 0.3 is 5.97 Å². The summed E-state index contributed by atoms with van der Waals surface area (Å²) in [6, 6.07) is -0.101. The van der Waals surface area contributed by atoms with E-state index in [-0.39, 0.29) is 6.04 Å². The largest absolute Gasteiger partial charge is 0.481 e. The van der Waals surface area contributed by atoms with Gasteiger partial charge in [-0.15, -0.1) is 0 Å². The van der Waals surface area contributed by atoms with Gasteiger partial charge in [-0.2, -0.15) is 0 Å². The van der Waals surface area contributed by atoms with Gasteiger partial charge in [0.1, 0.15) is 0 Å². The number of carboxylic acids is 1. The predicted molar refractivity (Wildman–Crippen MR) is 53.9 cm³/mol. The van der Waals surface area contributed by atoms with Crippen LogP contribution in [0.3, 0.4) is 0 Å². The van der Waals surface area contributed by atoms with E-state index in [2.05, 4.69) is 0 Å². The molecule has 0 aromatic heterocycles. The van der Waals surface area contributed by atoms with Crippen LogP contribution in [-0.4, -0.2) is 17.1 Å². The van der Waals surface area contributed by atoms with Gasteiger partial charge in [0, 0.05) is 6.04 Å². The molecule has 1 atom stereocenters. The standard InChI is InChI=1S/C11H19NO2/c12-9(8-4-1-2-5-8)11(10(13)14)6-3-7-11/h8-9H,1-7,12H2,(H,13,14). The minimum absolute atomic E-state index is 0.101. The normalized spacial score (nSPS) is 28.4. The maximum atomic E-state index is 11.2. The Morgan fingerprint density at radius 1 is 1.29 bits per heavy atom. The lowest BCUT2D eigenvalue weighted by molar-refractivity contribution is -0.157. The van der Waals surface area contributed by atoms with Crippen LogP contribution in [0.1, 0.15) is 44.9 Å². The van der Waals surface area contributed by atoms with Gasteiger partial charge in [0.2, 0.25) is 0 Å². The highest BCUT2D eigenvalue weighted by atomic mass is 16.4. The van der Waals surface area contributed by atoms with Gasteiger partial charge in [0.05, 0.1) is 5.41 Å². The molecule has 0 aliphatic heterocycles. The highest BCUT2D eigenvalue weighted by molar-refractivity contribution is 5.76. The summed E-state index contributed by atoms with van der Waals surface area (Å²) in [4.78, 5) is 11.2. The Labute approximate surface area is 84.7 Å². The summed E-state index contributed by atoms with van der Waals surface area (Å²) < 4.78 is 0. The van der Waals surface area contributed by atoms with Crippen LogP contribution < -0.4 is 5.73 Å². The molecule has 0 aromatic carbocycles. The van der Waals surface area contributed by atoms with Crippen molar-refractivity contribution in [3.05, 3.63) is 0 Å². The van der Waals surface area contributed by atoms with Gasteiger partial charge in [-0.05, 0) is 31.6 Å². The maximum absolute atomic E-state index is 11.2. The van der Waals surface area contributed by atoms with Gasteiger partial charge < -0.3 is 10.8 Å². The van der Waals surface area contributed by atoms with Crippen LogP contribution in [0.15, 0.2) is 0 Å². The molecule has 3 heteroatoms. The third-order valence-electron chi connectivity index (χ3n) is 4.22. The first-order chi connectivity index (χ1) is 6.67. The zero-order valence-electron chi connectivity index (χ0n) is 8.54. The summed E-state index contributed by atoms with van der Waals surface area (Å²) in [6.07, 6.45) is 7.35. The van der Waals surface area contributed by atoms with Crippen LogP contribution in [0.5, 0.6) is 0 Å². The van der Waals surface area contributed by atoms with E-state index in [1.165, 1.54) is 12.8 Å². The first kappa shape index (κ1) is 9.97. The molecule has 1 unspecified atom stereocenters. The molecule has 14 heavy (non-hydrogen) atoms. The summed E-state index contributed by atoms with van der Waals surface area (Å²) in [6.45, 7) is 0. The molecule has 0 saturated heterocycles. The van der Waals surface area contributed by atoms with Gasteiger partial charge in [-0.25, -0.2) is 0 Å². The second kappa shape index (κ2) is 3.54. The summed E-state index contributed by atoms with van der Waals surface area (Å²) in [5.41, 5.74) is 5.58. The predicted octanol–water partition coefficient (Wildman–Crippen LogP) is 1.76. The molecule has 80 valence electrons. The number of hydrogen-bond donors (Lipinski definition) is 2. The molecule has 2 aliphatic carbocycles. The fourth-order valence-corrected chi connectivity index (χ4v) is 3.02. The molecular weight excluding hydrogens is 178 g/mol. The average Bonchev–Trinajstić information content (AvgIpc) is 2.51. The molecule has 3 nitrogen and oxygen atoms in total. The Bertz CT molecular complexity index is 229. The van der Waals surface area contributed by atoms with Gasteiger partial charge in [-0.3, -0.25) is 4.79 Å². The number of carboxylic acid groups (broad SMARTS) is 1. The molecule has 3 N–H and O–H groups in total. The lowest BCUT2D eigenvalue weighted by atomic mass is 9.61. The maximum Gasteiger partial charge on any atom is 0.311 e. The number of carbonyl (C=O) groups is 1. The highest BCUT2D eigenvalue weighted by Gasteiger charge is 2.51. The smallest absolute Gasteiger partial charge is 0.311 e. The number of hydrogen-bond acceptors (Lipinski definition) is 2. The number of nitrogens with two attached hydrogens (primary N) is 1. The average molecular weight is 197 g/mol. The Kier molecular flexibility index (Phi) is 2.52. The zero-order chi connectivity index (χ0) is 10.2. The monoisotopic (exact) mass is 197 g/mol. The third-order valence-corrected chi connectivity index (χ3v) is 4.22. The van der Waals surface area contributed by atoms with E-state index >= 15 is 0 Å². The molecular formula is C11H19NO2. The van der Waals surface area contributed by atoms with E-state index in [1.54, 1.807) is 0 Å². The topological polar surface area (TPSA) is 63.3 Å². The van der Waals surface area contributed by atoms with Crippen LogP contribution in [-0.2, 0) is 4.79 Å². The summed E-state index contributed by atoms with van der Waals surface area (Å²) in [7, 11) is 0. The van der Waals surface area contributed by atoms with Crippen LogP contribution >= 0.6 is 0 Å². The molecule has 0 radical (unpaired) electrons. The lowest BCUT2D eigenvalue weighted by Crippen LogP contribution is -2.55. The van der Waals surface area contributed by atoms with E-state index in [4.69, 9.17) is 5.73 Å². The van der Waals surface area contributed by atoms with Crippen molar-refractivity contribution in [1.82, 2.24) is 0 Å². The van der Waals surface area contributed by atoms with Crippen LogP contribution in [0.4, 0.5) is 0 Å². The Hall–Kier alpha value is -0.570. The van der Waals surface area contributed by atoms with Crippen molar-refractivity contribution >= 4 is 5.97 Å². The van der Waals surface area contributed by atoms with E-state index in [0.29, 0.717) is 5.92 Å². The van der Waals surface area contributed by atoms with Gasteiger partial charge in [0.15, 0.2) is 0 Å². The lowest BCUT2D eigenvalue weighted by Gasteiger charge is -2.44. The van der Waals surface area contributed by atoms with Gasteiger partial charge in [0.25, 0.3) is 0 Å². The highest BCUT2D eigenvalue weighted by Crippen LogP contribution is 2.48. The first-order valence-corrected chi connectivity index (χ1v) is 5.66. The number of aliphatic carboxylic acids is 1. The van der Waals surface area contributed by atoms with Crippen molar-refractivity contribution < 1.29 is 9.90 Å². The Morgan fingerprint density at radius 2 is 1.86 bits per heavy atom. The summed E-state index contributed by atoms with van der Waals surface area (Å²) >= 11 is 0. The summed E-state index contributed by atoms with van der Waals surface area (Å²) in [5, 5.41) is 9.23. The molecule has 2 aliphatic rings. The van der Waals surface area contributed by atoms with E-state index in [9.17, 15) is 9.90 Å². The third kappa shape index (κ3) is 1.34. The Morgan fingerprint density at radius 3 is 2.21 bits per heavy atom. The minimum Gasteiger partial charge on any atom is -0.481 e.